The van der Waals surface area contributed by atoms with Crippen LogP contribution in [0.2, 0.25) is 0 Å². The van der Waals surface area contributed by atoms with Gasteiger partial charge in [-0.25, -0.2) is 4.79 Å². The quantitative estimate of drug-likeness (QED) is 0.0724. The van der Waals surface area contributed by atoms with Gasteiger partial charge in [0.15, 0.2) is 5.76 Å². The number of hydrogen-bond donors (Lipinski definition) is 10. The zero-order valence-electron chi connectivity index (χ0n) is 28.8. The van der Waals surface area contributed by atoms with E-state index in [2.05, 4.69) is 0 Å². The van der Waals surface area contributed by atoms with Gasteiger partial charge in [0.25, 0.3) is 0 Å². The molecule has 0 spiro atoms. The van der Waals surface area contributed by atoms with Crippen LogP contribution in [0, 0.1) is 0 Å². The zero-order chi connectivity index (χ0) is 39.8. The largest absolute Gasteiger partial charge is 0.508 e. The Morgan fingerprint density at radius 3 is 2.18 bits per heavy atom. The van der Waals surface area contributed by atoms with Crippen LogP contribution in [0.3, 0.4) is 0 Å². The van der Waals surface area contributed by atoms with E-state index in [4.69, 9.17) is 28.1 Å². The lowest BCUT2D eigenvalue weighted by Crippen LogP contribution is -2.66. The van der Waals surface area contributed by atoms with Gasteiger partial charge in [0.05, 0.1) is 6.61 Å². The predicted molar refractivity (Wildman–Crippen MR) is 186 cm³/mol. The lowest BCUT2D eigenvalue weighted by atomic mass is 9.86. The van der Waals surface area contributed by atoms with E-state index in [1.807, 2.05) is 0 Å². The maximum atomic E-state index is 13.7. The Labute approximate surface area is 310 Å². The molecule has 18 heteroatoms. The smallest absolute Gasteiger partial charge is 0.330 e. The van der Waals surface area contributed by atoms with Crippen molar-refractivity contribution in [3.05, 3.63) is 82.5 Å². The highest BCUT2D eigenvalue weighted by molar-refractivity contribution is 5.88. The number of hydrogen-bond acceptors (Lipinski definition) is 18. The molecule has 1 aromatic heterocycles. The van der Waals surface area contributed by atoms with Gasteiger partial charge >= 0.3 is 5.97 Å². The summed E-state index contributed by atoms with van der Waals surface area (Å²) >= 11 is 0. The summed E-state index contributed by atoms with van der Waals surface area (Å²) in [7, 11) is 0. The van der Waals surface area contributed by atoms with E-state index < -0.39 is 108 Å². The molecule has 4 aromatic rings. The summed E-state index contributed by atoms with van der Waals surface area (Å²) in [6, 6.07) is 13.2. The number of carbonyl (C=O) groups is 1. The third kappa shape index (κ3) is 8.08. The first kappa shape index (κ1) is 39.4. The zero-order valence-corrected chi connectivity index (χ0v) is 28.8. The molecule has 55 heavy (non-hydrogen) atoms. The van der Waals surface area contributed by atoms with Gasteiger partial charge in [-0.1, -0.05) is 12.1 Å². The highest BCUT2D eigenvalue weighted by atomic mass is 16.7. The van der Waals surface area contributed by atoms with Crippen molar-refractivity contribution < 1.29 is 84.0 Å². The molecule has 3 aromatic carbocycles. The summed E-state index contributed by atoms with van der Waals surface area (Å²) in [5, 5.41) is 102. The van der Waals surface area contributed by atoms with Gasteiger partial charge in [0.1, 0.15) is 88.9 Å². The summed E-state index contributed by atoms with van der Waals surface area (Å²) in [5.74, 6) is -2.81. The second kappa shape index (κ2) is 15.8. The topological polar surface area (TPSA) is 296 Å². The molecule has 6 rings (SSSR count). The molecule has 0 radical (unpaired) electrons. The minimum Gasteiger partial charge on any atom is -0.508 e. The number of benzene rings is 3. The first-order valence-corrected chi connectivity index (χ1v) is 16.7. The van der Waals surface area contributed by atoms with Crippen LogP contribution in [0.5, 0.6) is 28.7 Å². The Bertz CT molecular complexity index is 2080. The molecule has 18 nitrogen and oxygen atoms in total. The van der Waals surface area contributed by atoms with E-state index in [0.29, 0.717) is 5.56 Å². The first-order valence-electron chi connectivity index (χ1n) is 16.7. The number of phenolic OH excluding ortho intramolecular Hbond substituents is 3. The van der Waals surface area contributed by atoms with Gasteiger partial charge in [-0.2, -0.15) is 0 Å². The lowest BCUT2D eigenvalue weighted by molar-refractivity contribution is -0.309. The van der Waals surface area contributed by atoms with Crippen molar-refractivity contribution in [3.8, 4) is 40.1 Å². The van der Waals surface area contributed by atoms with Crippen LogP contribution in [-0.2, 0) is 19.0 Å². The van der Waals surface area contributed by atoms with Crippen LogP contribution < -0.4 is 14.9 Å². The predicted octanol–water partition coefficient (Wildman–Crippen LogP) is -0.411. The molecular weight excluding hydrogens is 732 g/mol. The number of aliphatic hydroxyl groups is 7. The highest BCUT2D eigenvalue weighted by Crippen LogP contribution is 2.38. The Kier molecular flexibility index (Phi) is 11.3. The molecule has 10 atom stereocenters. The van der Waals surface area contributed by atoms with Gasteiger partial charge in [-0.15, -0.1) is 0 Å². The van der Waals surface area contributed by atoms with E-state index in [9.17, 15) is 60.7 Å². The van der Waals surface area contributed by atoms with E-state index in [1.165, 1.54) is 54.6 Å². The average molecular weight is 771 g/mol. The van der Waals surface area contributed by atoms with Crippen LogP contribution in [0.1, 0.15) is 12.5 Å². The van der Waals surface area contributed by atoms with Crippen molar-refractivity contribution in [1.29, 1.82) is 0 Å². The Hall–Kier alpha value is -5.28. The van der Waals surface area contributed by atoms with Crippen molar-refractivity contribution in [3.63, 3.8) is 0 Å². The van der Waals surface area contributed by atoms with E-state index in [-0.39, 0.29) is 28.4 Å². The Morgan fingerprint density at radius 1 is 0.836 bits per heavy atom. The molecule has 0 saturated carbocycles. The normalized spacial score (nSPS) is 29.6. The van der Waals surface area contributed by atoms with Crippen molar-refractivity contribution in [1.82, 2.24) is 0 Å². The minimum absolute atomic E-state index is 0.120. The molecule has 6 unspecified atom stereocenters. The lowest BCUT2D eigenvalue weighted by Gasteiger charge is -2.45. The number of rotatable bonds is 10. The average Bonchev–Trinajstić information content (AvgIpc) is 3.15. The fourth-order valence-corrected chi connectivity index (χ4v) is 5.99. The SMILES string of the molecule is C[C@]1(O)C(COC(=O)/C=C/c2ccc(O[C@@H]3OC(CO)[C@@H](O)C(O)C3O)cc2)O[C@@H](Oc2c(-c3ccc(O)cc3)oc3cc(O)cc(O)c3c2=O)C(O)C1O. The molecule has 0 aliphatic carbocycles. The summed E-state index contributed by atoms with van der Waals surface area (Å²) in [6.45, 7) is -0.183. The highest BCUT2D eigenvalue weighted by Gasteiger charge is 2.53. The number of aromatic hydroxyl groups is 3. The van der Waals surface area contributed by atoms with Crippen LogP contribution in [-0.4, -0.2) is 131 Å². The molecule has 2 aliphatic heterocycles. The number of esters is 1. The number of phenols is 3. The van der Waals surface area contributed by atoms with E-state index >= 15 is 0 Å². The fourth-order valence-electron chi connectivity index (χ4n) is 5.99. The van der Waals surface area contributed by atoms with Crippen LogP contribution in [0.15, 0.2) is 76.0 Å². The molecule has 294 valence electrons. The van der Waals surface area contributed by atoms with Gasteiger partial charge in [-0.05, 0) is 55.0 Å². The van der Waals surface area contributed by atoms with E-state index in [1.54, 1.807) is 0 Å². The standard InChI is InChI=1S/C37H38O18/c1-37(49)24(15-50-25(42)11-4-16-2-9-20(10-3-16)51-35-30(46)29(45)27(43)23(14-38)53-35)54-36(31(47)34(37)48)55-33-28(44)26-21(41)12-19(40)13-22(26)52-32(33)17-5-7-18(39)8-6-17/h2-13,23-24,27,29-31,34-36,38-41,43,45-49H,14-15H2,1H3/b11-4+/t23?,24?,27-,29?,30?,31?,34?,35-,36+,37+/m1/s1. The van der Waals surface area contributed by atoms with Crippen molar-refractivity contribution in [2.45, 2.75) is 67.8 Å². The number of fused-ring (bicyclic) bond motifs is 1. The second-order valence-corrected chi connectivity index (χ2v) is 13.1. The Morgan fingerprint density at radius 2 is 1.51 bits per heavy atom. The van der Waals surface area contributed by atoms with Crippen LogP contribution in [0.25, 0.3) is 28.4 Å². The number of carbonyl (C=O) groups excluding carboxylic acids is 1. The van der Waals surface area contributed by atoms with Gasteiger partial charge in [0.2, 0.25) is 23.8 Å². The maximum absolute atomic E-state index is 13.7. The van der Waals surface area contributed by atoms with E-state index in [0.717, 1.165) is 25.1 Å². The molecule has 2 fully saturated rings. The summed E-state index contributed by atoms with van der Waals surface area (Å²) in [6.07, 6.45) is -12.3. The molecule has 0 amide bonds. The number of ether oxygens (including phenoxy) is 5. The van der Waals surface area contributed by atoms with Crippen molar-refractivity contribution >= 4 is 23.0 Å². The third-order valence-electron chi connectivity index (χ3n) is 9.20. The third-order valence-corrected chi connectivity index (χ3v) is 9.20. The monoisotopic (exact) mass is 770 g/mol. The van der Waals surface area contributed by atoms with Crippen LogP contribution in [0.4, 0.5) is 0 Å². The van der Waals surface area contributed by atoms with Gasteiger partial charge in [0, 0.05) is 23.8 Å². The number of aliphatic hydroxyl groups excluding tert-OH is 6. The van der Waals surface area contributed by atoms with Crippen LogP contribution >= 0.6 is 0 Å². The molecular formula is C37H38O18. The first-order chi connectivity index (χ1) is 26.1. The van der Waals surface area contributed by atoms with Gasteiger partial charge in [-0.3, -0.25) is 4.79 Å². The summed E-state index contributed by atoms with van der Waals surface area (Å²) in [4.78, 5) is 26.4. The summed E-state index contributed by atoms with van der Waals surface area (Å²) < 4.78 is 33.5. The molecule has 10 N–H and O–H groups in total. The maximum Gasteiger partial charge on any atom is 0.330 e. The fraction of sp³-hybridized carbons (Fsp3) is 0.351. The van der Waals surface area contributed by atoms with Crippen molar-refractivity contribution in [2.24, 2.45) is 0 Å². The molecule has 0 bridgehead atoms. The molecule has 3 heterocycles. The summed E-state index contributed by atoms with van der Waals surface area (Å²) in [5.41, 5.74) is -2.76. The molecule has 2 saturated heterocycles. The molecule has 2 aliphatic rings. The minimum atomic E-state index is -2.22. The second-order valence-electron chi connectivity index (χ2n) is 13.1. The van der Waals surface area contributed by atoms with Crippen molar-refractivity contribution in [2.75, 3.05) is 13.2 Å². The Balaban J connectivity index is 1.15. The van der Waals surface area contributed by atoms with Gasteiger partial charge < -0.3 is 79.2 Å².